The van der Waals surface area contributed by atoms with Crippen molar-refractivity contribution < 1.29 is 9.47 Å². The van der Waals surface area contributed by atoms with Gasteiger partial charge in [0.1, 0.15) is 0 Å². The number of benzene rings is 1. The van der Waals surface area contributed by atoms with Gasteiger partial charge in [0, 0.05) is 18.8 Å². The largest absolute Gasteiger partial charge is 0.454 e. The second kappa shape index (κ2) is 3.93. The van der Waals surface area contributed by atoms with Gasteiger partial charge in [-0.05, 0) is 24.3 Å². The lowest BCUT2D eigenvalue weighted by molar-refractivity contribution is 0.174. The summed E-state index contributed by atoms with van der Waals surface area (Å²) in [6.07, 6.45) is 1.72. The zero-order valence-electron chi connectivity index (χ0n) is 9.30. The van der Waals surface area contributed by atoms with Gasteiger partial charge >= 0.3 is 0 Å². The first kappa shape index (κ1) is 9.89. The summed E-state index contributed by atoms with van der Waals surface area (Å²) in [4.78, 5) is 8.45. The number of ether oxygens (including phenoxy) is 2. The van der Waals surface area contributed by atoms with Crippen molar-refractivity contribution in [3.8, 4) is 22.8 Å². The molecule has 0 radical (unpaired) electrons. The van der Waals surface area contributed by atoms with Gasteiger partial charge in [0.25, 0.3) is 0 Å². The zero-order chi connectivity index (χ0) is 11.7. The van der Waals surface area contributed by atoms with Crippen molar-refractivity contribution in [2.75, 3.05) is 19.2 Å². The Kier molecular flexibility index (Phi) is 2.29. The third kappa shape index (κ3) is 1.75. The summed E-state index contributed by atoms with van der Waals surface area (Å²) in [5, 5.41) is 2.91. The van der Waals surface area contributed by atoms with E-state index in [-0.39, 0.29) is 6.79 Å². The predicted octanol–water partition coefficient (Wildman–Crippen LogP) is 1.91. The molecule has 1 N–H and O–H groups in total. The van der Waals surface area contributed by atoms with Gasteiger partial charge in [0.2, 0.25) is 12.7 Å². The van der Waals surface area contributed by atoms with E-state index in [1.165, 1.54) is 0 Å². The fourth-order valence-electron chi connectivity index (χ4n) is 1.70. The van der Waals surface area contributed by atoms with Crippen LogP contribution in [0.25, 0.3) is 11.3 Å². The van der Waals surface area contributed by atoms with Gasteiger partial charge in [0.15, 0.2) is 11.5 Å². The summed E-state index contributed by atoms with van der Waals surface area (Å²) >= 11 is 0. The van der Waals surface area contributed by atoms with E-state index in [4.69, 9.17) is 9.47 Å². The molecule has 2 aromatic rings. The Morgan fingerprint density at radius 1 is 1.18 bits per heavy atom. The predicted molar refractivity (Wildman–Crippen MR) is 63.1 cm³/mol. The SMILES string of the molecule is CNc1nccc(-c2ccc3c(c2)OCO3)n1. The summed E-state index contributed by atoms with van der Waals surface area (Å²) in [6, 6.07) is 7.62. The number of hydrogen-bond donors (Lipinski definition) is 1. The highest BCUT2D eigenvalue weighted by molar-refractivity contribution is 5.64. The normalized spacial score (nSPS) is 12.5. The van der Waals surface area contributed by atoms with Crippen molar-refractivity contribution >= 4 is 5.95 Å². The van der Waals surface area contributed by atoms with Crippen LogP contribution in [0.1, 0.15) is 0 Å². The third-order valence-corrected chi connectivity index (χ3v) is 2.55. The maximum Gasteiger partial charge on any atom is 0.231 e. The van der Waals surface area contributed by atoms with Gasteiger partial charge in [-0.3, -0.25) is 0 Å². The number of nitrogens with one attached hydrogen (secondary N) is 1. The summed E-state index contributed by atoms with van der Waals surface area (Å²) < 4.78 is 10.6. The molecular formula is C12H11N3O2. The Bertz CT molecular complexity index is 557. The van der Waals surface area contributed by atoms with E-state index < -0.39 is 0 Å². The Morgan fingerprint density at radius 3 is 2.94 bits per heavy atom. The molecule has 2 heterocycles. The van der Waals surface area contributed by atoms with Crippen molar-refractivity contribution in [2.45, 2.75) is 0 Å². The van der Waals surface area contributed by atoms with E-state index in [0.29, 0.717) is 5.95 Å². The lowest BCUT2D eigenvalue weighted by atomic mass is 10.1. The first-order valence-corrected chi connectivity index (χ1v) is 5.27. The smallest absolute Gasteiger partial charge is 0.231 e. The molecule has 1 aliphatic rings. The number of aromatic nitrogens is 2. The molecule has 0 aliphatic carbocycles. The summed E-state index contributed by atoms with van der Waals surface area (Å²) in [6.45, 7) is 0.282. The summed E-state index contributed by atoms with van der Waals surface area (Å²) in [7, 11) is 1.79. The lowest BCUT2D eigenvalue weighted by Crippen LogP contribution is -1.96. The van der Waals surface area contributed by atoms with Crippen molar-refractivity contribution in [2.24, 2.45) is 0 Å². The molecule has 1 aromatic carbocycles. The van der Waals surface area contributed by atoms with Gasteiger partial charge in [-0.2, -0.15) is 0 Å². The van der Waals surface area contributed by atoms with Gasteiger partial charge in [-0.25, -0.2) is 9.97 Å². The van der Waals surface area contributed by atoms with Gasteiger partial charge in [-0.15, -0.1) is 0 Å². The monoisotopic (exact) mass is 229 g/mol. The maximum absolute atomic E-state index is 5.34. The maximum atomic E-state index is 5.34. The highest BCUT2D eigenvalue weighted by atomic mass is 16.7. The Labute approximate surface area is 98.4 Å². The van der Waals surface area contributed by atoms with Crippen LogP contribution >= 0.6 is 0 Å². The summed E-state index contributed by atoms with van der Waals surface area (Å²) in [5.41, 5.74) is 1.83. The molecule has 86 valence electrons. The first-order chi connectivity index (χ1) is 8.36. The van der Waals surface area contributed by atoms with E-state index >= 15 is 0 Å². The van der Waals surface area contributed by atoms with Crippen molar-refractivity contribution in [3.05, 3.63) is 30.5 Å². The molecule has 0 saturated heterocycles. The molecule has 5 nitrogen and oxygen atoms in total. The molecule has 0 unspecified atom stereocenters. The third-order valence-electron chi connectivity index (χ3n) is 2.55. The van der Waals surface area contributed by atoms with Crippen LogP contribution in [0.3, 0.4) is 0 Å². The number of hydrogen-bond acceptors (Lipinski definition) is 5. The minimum absolute atomic E-state index is 0.282. The molecular weight excluding hydrogens is 218 g/mol. The standard InChI is InChI=1S/C12H11N3O2/c1-13-12-14-5-4-9(15-12)8-2-3-10-11(6-8)17-7-16-10/h2-6H,7H2,1H3,(H,13,14,15). The molecule has 0 amide bonds. The highest BCUT2D eigenvalue weighted by Crippen LogP contribution is 2.35. The molecule has 0 spiro atoms. The van der Waals surface area contributed by atoms with E-state index in [9.17, 15) is 0 Å². The number of anilines is 1. The van der Waals surface area contributed by atoms with E-state index in [1.807, 2.05) is 24.3 Å². The molecule has 1 aliphatic heterocycles. The molecule has 1 aromatic heterocycles. The first-order valence-electron chi connectivity index (χ1n) is 5.27. The number of nitrogens with zero attached hydrogens (tertiary/aromatic N) is 2. The molecule has 0 atom stereocenters. The Hall–Kier alpha value is -2.30. The highest BCUT2D eigenvalue weighted by Gasteiger charge is 2.14. The zero-order valence-corrected chi connectivity index (χ0v) is 9.30. The molecule has 3 rings (SSSR count). The van der Waals surface area contributed by atoms with Crippen LogP contribution in [0.2, 0.25) is 0 Å². The van der Waals surface area contributed by atoms with Crippen LogP contribution in [0, 0.1) is 0 Å². The minimum atomic E-state index is 0.282. The van der Waals surface area contributed by atoms with Crippen LogP contribution in [0.15, 0.2) is 30.5 Å². The Morgan fingerprint density at radius 2 is 2.06 bits per heavy atom. The fraction of sp³-hybridized carbons (Fsp3) is 0.167. The van der Waals surface area contributed by atoms with E-state index in [1.54, 1.807) is 13.2 Å². The van der Waals surface area contributed by atoms with Crippen molar-refractivity contribution in [1.29, 1.82) is 0 Å². The number of rotatable bonds is 2. The van der Waals surface area contributed by atoms with Gasteiger partial charge in [0.05, 0.1) is 5.69 Å². The van der Waals surface area contributed by atoms with Crippen molar-refractivity contribution in [1.82, 2.24) is 9.97 Å². The lowest BCUT2D eigenvalue weighted by Gasteiger charge is -2.04. The molecule has 17 heavy (non-hydrogen) atoms. The van der Waals surface area contributed by atoms with E-state index in [2.05, 4.69) is 15.3 Å². The Balaban J connectivity index is 2.03. The second-order valence-corrected chi connectivity index (χ2v) is 3.58. The van der Waals surface area contributed by atoms with E-state index in [0.717, 1.165) is 22.8 Å². The van der Waals surface area contributed by atoms with Crippen LogP contribution in [0.5, 0.6) is 11.5 Å². The van der Waals surface area contributed by atoms with Gasteiger partial charge < -0.3 is 14.8 Å². The van der Waals surface area contributed by atoms with Gasteiger partial charge in [-0.1, -0.05) is 0 Å². The molecule has 5 heteroatoms. The average molecular weight is 229 g/mol. The van der Waals surface area contributed by atoms with Crippen LogP contribution in [0.4, 0.5) is 5.95 Å². The minimum Gasteiger partial charge on any atom is -0.454 e. The van der Waals surface area contributed by atoms with Crippen LogP contribution < -0.4 is 14.8 Å². The molecule has 0 saturated carbocycles. The van der Waals surface area contributed by atoms with Crippen LogP contribution in [-0.4, -0.2) is 23.8 Å². The second-order valence-electron chi connectivity index (χ2n) is 3.58. The average Bonchev–Trinajstić information content (AvgIpc) is 2.86. The van der Waals surface area contributed by atoms with Crippen LogP contribution in [-0.2, 0) is 0 Å². The number of fused-ring (bicyclic) bond motifs is 1. The molecule has 0 bridgehead atoms. The van der Waals surface area contributed by atoms with Crippen molar-refractivity contribution in [3.63, 3.8) is 0 Å². The summed E-state index contributed by atoms with van der Waals surface area (Å²) in [5.74, 6) is 2.13. The molecule has 0 fully saturated rings. The fourth-order valence-corrected chi connectivity index (χ4v) is 1.70. The quantitative estimate of drug-likeness (QED) is 0.852. The topological polar surface area (TPSA) is 56.3 Å².